The normalized spacial score (nSPS) is 21.5. The van der Waals surface area contributed by atoms with Crippen LogP contribution in [0.15, 0.2) is 72.8 Å². The predicted molar refractivity (Wildman–Crippen MR) is 79.2 cm³/mol. The van der Waals surface area contributed by atoms with Gasteiger partial charge in [0.25, 0.3) is 0 Å². The molecule has 1 unspecified atom stereocenters. The van der Waals surface area contributed by atoms with Gasteiger partial charge in [0.05, 0.1) is 5.54 Å². The molecule has 0 aliphatic carbocycles. The van der Waals surface area contributed by atoms with Crippen molar-refractivity contribution in [3.05, 3.63) is 83.9 Å². The summed E-state index contributed by atoms with van der Waals surface area (Å²) in [4.78, 5) is 0. The Labute approximate surface area is 112 Å². The highest BCUT2D eigenvalue weighted by Gasteiger charge is 2.45. The highest BCUT2D eigenvalue weighted by molar-refractivity contribution is 5.83. The van der Waals surface area contributed by atoms with Crippen LogP contribution in [0.4, 0.5) is 0 Å². The average molecular weight is 245 g/mol. The molecule has 1 atom stereocenters. The minimum absolute atomic E-state index is 0.0330. The number of benzene rings is 3. The van der Waals surface area contributed by atoms with E-state index in [0.717, 1.165) is 6.54 Å². The molecule has 1 nitrogen and oxygen atoms in total. The van der Waals surface area contributed by atoms with E-state index in [1.165, 1.54) is 21.9 Å². The average Bonchev–Trinajstić information content (AvgIpc) is 3.29. The van der Waals surface area contributed by atoms with Crippen LogP contribution < -0.4 is 5.32 Å². The summed E-state index contributed by atoms with van der Waals surface area (Å²) in [6.45, 7) is 1.02. The Bertz CT molecular complexity index is 727. The minimum Gasteiger partial charge on any atom is -0.300 e. The molecule has 1 heteroatoms. The van der Waals surface area contributed by atoms with Crippen molar-refractivity contribution in [2.24, 2.45) is 0 Å². The molecular weight excluding hydrogens is 230 g/mol. The van der Waals surface area contributed by atoms with E-state index in [0.29, 0.717) is 0 Å². The first kappa shape index (κ1) is 10.8. The molecule has 3 aromatic carbocycles. The molecule has 3 aromatic rings. The Balaban J connectivity index is 1.86. The minimum atomic E-state index is 0.0330. The van der Waals surface area contributed by atoms with E-state index in [2.05, 4.69) is 78.1 Å². The number of hydrogen-bond acceptors (Lipinski definition) is 1. The van der Waals surface area contributed by atoms with Crippen LogP contribution in [0.5, 0.6) is 0 Å². The Morgan fingerprint density at radius 3 is 2.11 bits per heavy atom. The fraction of sp³-hybridized carbons (Fsp3) is 0.111. The van der Waals surface area contributed by atoms with Crippen molar-refractivity contribution in [3.8, 4) is 0 Å². The molecule has 0 aromatic heterocycles. The van der Waals surface area contributed by atoms with Crippen molar-refractivity contribution in [1.29, 1.82) is 0 Å². The van der Waals surface area contributed by atoms with Crippen LogP contribution in [0.3, 0.4) is 0 Å². The summed E-state index contributed by atoms with van der Waals surface area (Å²) in [5.41, 5.74) is 2.74. The largest absolute Gasteiger partial charge is 0.300 e. The van der Waals surface area contributed by atoms with E-state index in [-0.39, 0.29) is 5.54 Å². The lowest BCUT2D eigenvalue weighted by Gasteiger charge is -2.15. The fourth-order valence-electron chi connectivity index (χ4n) is 2.84. The topological polar surface area (TPSA) is 21.9 Å². The smallest absolute Gasteiger partial charge is 0.0818 e. The van der Waals surface area contributed by atoms with Crippen LogP contribution in [-0.2, 0) is 5.54 Å². The molecule has 0 radical (unpaired) electrons. The molecule has 1 fully saturated rings. The molecule has 1 aliphatic heterocycles. The Morgan fingerprint density at radius 1 is 0.684 bits per heavy atom. The maximum absolute atomic E-state index is 3.55. The zero-order chi connectivity index (χ0) is 12.7. The van der Waals surface area contributed by atoms with Gasteiger partial charge >= 0.3 is 0 Å². The number of fused-ring (bicyclic) bond motifs is 1. The Morgan fingerprint density at radius 2 is 1.37 bits per heavy atom. The van der Waals surface area contributed by atoms with Gasteiger partial charge in [-0.15, -0.1) is 0 Å². The molecule has 1 saturated heterocycles. The molecule has 0 amide bonds. The van der Waals surface area contributed by atoms with Gasteiger partial charge in [-0.05, 0) is 28.0 Å². The van der Waals surface area contributed by atoms with Gasteiger partial charge in [0.15, 0.2) is 0 Å². The van der Waals surface area contributed by atoms with Crippen LogP contribution in [0.25, 0.3) is 10.8 Å². The summed E-state index contributed by atoms with van der Waals surface area (Å²) < 4.78 is 0. The first-order valence-corrected chi connectivity index (χ1v) is 6.68. The van der Waals surface area contributed by atoms with E-state index < -0.39 is 0 Å². The van der Waals surface area contributed by atoms with Gasteiger partial charge in [-0.3, -0.25) is 0 Å². The van der Waals surface area contributed by atoms with E-state index in [9.17, 15) is 0 Å². The third-order valence-electron chi connectivity index (χ3n) is 4.04. The Kier molecular flexibility index (Phi) is 2.23. The third kappa shape index (κ3) is 1.66. The summed E-state index contributed by atoms with van der Waals surface area (Å²) in [7, 11) is 0. The third-order valence-corrected chi connectivity index (χ3v) is 4.04. The zero-order valence-corrected chi connectivity index (χ0v) is 10.6. The van der Waals surface area contributed by atoms with Crippen LogP contribution in [0, 0.1) is 0 Å². The molecule has 19 heavy (non-hydrogen) atoms. The molecule has 0 bridgehead atoms. The van der Waals surface area contributed by atoms with Crippen molar-refractivity contribution in [2.45, 2.75) is 5.54 Å². The SMILES string of the molecule is c1ccc(C2(c3ccc4ccccc4c3)CN2)cc1. The van der Waals surface area contributed by atoms with Gasteiger partial charge < -0.3 is 5.32 Å². The highest BCUT2D eigenvalue weighted by Crippen LogP contribution is 2.38. The maximum atomic E-state index is 3.55. The van der Waals surface area contributed by atoms with Crippen LogP contribution in [-0.4, -0.2) is 6.54 Å². The molecule has 1 heterocycles. The van der Waals surface area contributed by atoms with Crippen LogP contribution >= 0.6 is 0 Å². The summed E-state index contributed by atoms with van der Waals surface area (Å²) in [5.74, 6) is 0. The standard InChI is InChI=1S/C18H15N/c1-2-8-16(9-3-1)18(13-19-18)17-11-10-14-6-4-5-7-15(14)12-17/h1-12,19H,13H2. The molecule has 0 saturated carbocycles. The van der Waals surface area contributed by atoms with Crippen molar-refractivity contribution in [2.75, 3.05) is 6.54 Å². The van der Waals surface area contributed by atoms with Gasteiger partial charge in [-0.25, -0.2) is 0 Å². The maximum Gasteiger partial charge on any atom is 0.0818 e. The lowest BCUT2D eigenvalue weighted by atomic mass is 9.90. The fourth-order valence-corrected chi connectivity index (χ4v) is 2.84. The quantitative estimate of drug-likeness (QED) is 0.683. The zero-order valence-electron chi connectivity index (χ0n) is 10.6. The molecule has 4 rings (SSSR count). The van der Waals surface area contributed by atoms with Gasteiger partial charge in [-0.1, -0.05) is 66.7 Å². The molecule has 0 spiro atoms. The lowest BCUT2D eigenvalue weighted by molar-refractivity contribution is 0.822. The highest BCUT2D eigenvalue weighted by atomic mass is 15.2. The second-order valence-electron chi connectivity index (χ2n) is 5.19. The monoisotopic (exact) mass is 245 g/mol. The summed E-state index contributed by atoms with van der Waals surface area (Å²) >= 11 is 0. The summed E-state index contributed by atoms with van der Waals surface area (Å²) in [6.07, 6.45) is 0. The van der Waals surface area contributed by atoms with Crippen molar-refractivity contribution < 1.29 is 0 Å². The second kappa shape index (κ2) is 3.94. The van der Waals surface area contributed by atoms with Gasteiger partial charge in [0.2, 0.25) is 0 Å². The van der Waals surface area contributed by atoms with Crippen molar-refractivity contribution >= 4 is 10.8 Å². The van der Waals surface area contributed by atoms with Crippen LogP contribution in [0.2, 0.25) is 0 Å². The predicted octanol–water partition coefficient (Wildman–Crippen LogP) is 3.69. The van der Waals surface area contributed by atoms with Gasteiger partial charge in [-0.2, -0.15) is 0 Å². The van der Waals surface area contributed by atoms with E-state index in [1.807, 2.05) is 0 Å². The van der Waals surface area contributed by atoms with E-state index in [1.54, 1.807) is 0 Å². The lowest BCUT2D eigenvalue weighted by Crippen LogP contribution is -2.14. The molecular formula is C18H15N. The van der Waals surface area contributed by atoms with Crippen molar-refractivity contribution in [1.82, 2.24) is 5.32 Å². The number of hydrogen-bond donors (Lipinski definition) is 1. The van der Waals surface area contributed by atoms with Gasteiger partial charge in [0, 0.05) is 6.54 Å². The van der Waals surface area contributed by atoms with Crippen molar-refractivity contribution in [3.63, 3.8) is 0 Å². The summed E-state index contributed by atoms with van der Waals surface area (Å²) in [6, 6.07) is 26.0. The Hall–Kier alpha value is -2.12. The molecule has 1 aliphatic rings. The number of rotatable bonds is 2. The first-order valence-electron chi connectivity index (χ1n) is 6.68. The van der Waals surface area contributed by atoms with E-state index >= 15 is 0 Å². The first-order chi connectivity index (χ1) is 9.38. The molecule has 1 N–H and O–H groups in total. The summed E-state index contributed by atoms with van der Waals surface area (Å²) in [5, 5.41) is 6.16. The molecule has 92 valence electrons. The van der Waals surface area contributed by atoms with Gasteiger partial charge in [0.1, 0.15) is 0 Å². The van der Waals surface area contributed by atoms with Crippen LogP contribution in [0.1, 0.15) is 11.1 Å². The number of nitrogens with one attached hydrogen (secondary N) is 1. The second-order valence-corrected chi connectivity index (χ2v) is 5.19. The van der Waals surface area contributed by atoms with E-state index in [4.69, 9.17) is 0 Å².